The van der Waals surface area contributed by atoms with Crippen molar-refractivity contribution in [2.75, 3.05) is 0 Å². The minimum atomic E-state index is 0. The van der Waals surface area contributed by atoms with Gasteiger partial charge in [-0.1, -0.05) is 122 Å². The monoisotopic (exact) mass is 662 g/mol. The Kier molecular flexibility index (Phi) is 18.6. The van der Waals surface area contributed by atoms with Gasteiger partial charge in [0.2, 0.25) is 0 Å². The zero-order valence-electron chi connectivity index (χ0n) is 24.3. The Morgan fingerprint density at radius 2 is 0.900 bits per heavy atom. The van der Waals surface area contributed by atoms with E-state index in [-0.39, 0.29) is 39.7 Å². The predicted molar refractivity (Wildman–Crippen MR) is 184 cm³/mol. The average molecular weight is 665 g/mol. The van der Waals surface area contributed by atoms with Crippen LogP contribution in [0, 0.1) is 14.9 Å². The van der Waals surface area contributed by atoms with Crippen LogP contribution in [0.2, 0.25) is 0 Å². The summed E-state index contributed by atoms with van der Waals surface area (Å²) in [5.41, 5.74) is 2.97. The van der Waals surface area contributed by atoms with Gasteiger partial charge in [0.15, 0.2) is 0 Å². The Morgan fingerprint density at radius 1 is 0.550 bits per heavy atom. The van der Waals surface area contributed by atoms with Gasteiger partial charge in [0.1, 0.15) is 0 Å². The Labute approximate surface area is 271 Å². The second-order valence-corrected chi connectivity index (χ2v) is 9.51. The molecule has 4 heteroatoms. The van der Waals surface area contributed by atoms with Crippen molar-refractivity contribution in [3.8, 4) is 0 Å². The van der Waals surface area contributed by atoms with Crippen LogP contribution in [0.1, 0.15) is 50.7 Å². The molecule has 0 heterocycles. The van der Waals surface area contributed by atoms with Crippen LogP contribution in [0.5, 0.6) is 0 Å². The molecule has 0 amide bonds. The van der Waals surface area contributed by atoms with Gasteiger partial charge in [-0.25, -0.2) is 0 Å². The van der Waals surface area contributed by atoms with Gasteiger partial charge >= 0.3 is 30.2 Å². The van der Waals surface area contributed by atoms with E-state index in [2.05, 4.69) is 118 Å². The fourth-order valence-corrected chi connectivity index (χ4v) is 5.10. The summed E-state index contributed by atoms with van der Waals surface area (Å²) in [6.45, 7) is 7.56. The van der Waals surface area contributed by atoms with Gasteiger partial charge in [-0.2, -0.15) is 12.1 Å². The average Bonchev–Trinajstić information content (AvgIpc) is 3.56. The molecule has 0 saturated carbocycles. The summed E-state index contributed by atoms with van der Waals surface area (Å²) in [5, 5.41) is 11.0. The summed E-state index contributed by atoms with van der Waals surface area (Å²) in [4.78, 5) is 0. The molecule has 0 aliphatic heterocycles. The van der Waals surface area contributed by atoms with Crippen molar-refractivity contribution in [3.63, 3.8) is 0 Å². The molecule has 40 heavy (non-hydrogen) atoms. The van der Waals surface area contributed by atoms with Crippen LogP contribution in [-0.2, 0) is 36.2 Å². The standard InChI is InChI=1S/2C17H17.2CH3.2ClH.Si.Zr/c2*1-2-3-6-13-11-15-10-9-14-7-4-5-8-16(14)17(15)12-13;;;;;;/h2*4-5,7-12H,2-3,6H2,1H3;2*1H3;2*1H;;/q4*-1;;;;. The third-order valence-corrected chi connectivity index (χ3v) is 6.99. The van der Waals surface area contributed by atoms with Crippen molar-refractivity contribution in [1.82, 2.24) is 0 Å². The topological polar surface area (TPSA) is 0 Å². The van der Waals surface area contributed by atoms with Gasteiger partial charge in [0.25, 0.3) is 0 Å². The van der Waals surface area contributed by atoms with Crippen molar-refractivity contribution >= 4 is 74.8 Å². The molecule has 0 unspecified atom stereocenters. The summed E-state index contributed by atoms with van der Waals surface area (Å²) >= 11 is 1.36. The molecular formula is C36H42Cl2SiZr-4. The fraction of sp³-hybridized carbons (Fsp3) is 0.222. The van der Waals surface area contributed by atoms with Crippen LogP contribution in [0.25, 0.3) is 43.1 Å². The number of aryl methyl sites for hydroxylation is 2. The van der Waals surface area contributed by atoms with E-state index in [1.54, 1.807) is 0 Å². The SMILES string of the molecule is CCCCc1cc2ccc3ccccc3c2[cH-]1.CCCCc1cc2ccc3ccccc3c2[cH-]1.Cl.Cl.[CH3-].[CH3-].[Si]=[Zr]. The molecule has 6 aromatic carbocycles. The molecule has 0 fully saturated rings. The second-order valence-electron chi connectivity index (χ2n) is 9.51. The Balaban J connectivity index is 0.000000655. The maximum absolute atomic E-state index is 3.06. The normalized spacial score (nSPS) is 9.72. The van der Waals surface area contributed by atoms with Crippen LogP contribution in [0.15, 0.2) is 97.1 Å². The molecule has 0 atom stereocenters. The molecule has 6 aromatic rings. The van der Waals surface area contributed by atoms with E-state index in [4.69, 9.17) is 0 Å². The van der Waals surface area contributed by atoms with E-state index >= 15 is 0 Å². The third-order valence-electron chi connectivity index (χ3n) is 6.99. The van der Waals surface area contributed by atoms with E-state index in [1.165, 1.54) is 116 Å². The molecule has 0 aliphatic carbocycles. The zero-order chi connectivity index (χ0) is 25.3. The summed E-state index contributed by atoms with van der Waals surface area (Å²) < 4.78 is 0. The molecule has 0 saturated heterocycles. The molecule has 2 radical (unpaired) electrons. The van der Waals surface area contributed by atoms with Crippen LogP contribution in [0.4, 0.5) is 0 Å². The van der Waals surface area contributed by atoms with E-state index in [9.17, 15) is 0 Å². The molecule has 212 valence electrons. The zero-order valence-corrected chi connectivity index (χ0v) is 29.4. The fourth-order valence-electron chi connectivity index (χ4n) is 5.10. The summed E-state index contributed by atoms with van der Waals surface area (Å²) in [6.07, 6.45) is 7.52. The van der Waals surface area contributed by atoms with Gasteiger partial charge in [-0.05, 0) is 12.8 Å². The number of halogens is 2. The predicted octanol–water partition coefficient (Wildman–Crippen LogP) is 11.5. The molecular weight excluding hydrogens is 623 g/mol. The van der Waals surface area contributed by atoms with Crippen LogP contribution in [-0.4, -0.2) is 6.88 Å². The van der Waals surface area contributed by atoms with Crippen molar-refractivity contribution in [2.24, 2.45) is 0 Å². The first kappa shape index (κ1) is 38.3. The van der Waals surface area contributed by atoms with Crippen LogP contribution in [0.3, 0.4) is 0 Å². The van der Waals surface area contributed by atoms with Gasteiger partial charge in [-0.15, -0.1) is 81.8 Å². The summed E-state index contributed by atoms with van der Waals surface area (Å²) in [7, 11) is 0. The van der Waals surface area contributed by atoms with E-state index in [0.29, 0.717) is 0 Å². The number of hydrogen-bond donors (Lipinski definition) is 0. The summed E-state index contributed by atoms with van der Waals surface area (Å²) in [6, 6.07) is 35.6. The van der Waals surface area contributed by atoms with E-state index in [1.807, 2.05) is 0 Å². The first-order valence-corrected chi connectivity index (χ1v) is 17.3. The first-order chi connectivity index (χ1) is 17.8. The van der Waals surface area contributed by atoms with Crippen molar-refractivity contribution < 1.29 is 23.3 Å². The second kappa shape index (κ2) is 19.4. The molecule has 0 N–H and O–H groups in total. The van der Waals surface area contributed by atoms with Crippen LogP contribution >= 0.6 is 24.8 Å². The number of hydrogen-bond acceptors (Lipinski definition) is 0. The van der Waals surface area contributed by atoms with Gasteiger partial charge in [-0.3, -0.25) is 0 Å². The van der Waals surface area contributed by atoms with Crippen molar-refractivity contribution in [1.29, 1.82) is 0 Å². The van der Waals surface area contributed by atoms with Crippen LogP contribution < -0.4 is 0 Å². The molecule has 0 aliphatic rings. The number of unbranched alkanes of at least 4 members (excludes halogenated alkanes) is 2. The molecule has 0 nitrogen and oxygen atoms in total. The number of benzene rings is 4. The first-order valence-electron chi connectivity index (χ1n) is 13.2. The Hall–Kier alpha value is -1.70. The van der Waals surface area contributed by atoms with Gasteiger partial charge in [0.05, 0.1) is 0 Å². The maximum atomic E-state index is 3.06. The molecule has 0 spiro atoms. The molecule has 6 rings (SSSR count). The van der Waals surface area contributed by atoms with Gasteiger partial charge < -0.3 is 14.9 Å². The number of fused-ring (bicyclic) bond motifs is 6. The van der Waals surface area contributed by atoms with Crippen molar-refractivity contribution in [2.45, 2.75) is 52.4 Å². The van der Waals surface area contributed by atoms with E-state index < -0.39 is 0 Å². The van der Waals surface area contributed by atoms with Gasteiger partial charge in [0, 0.05) is 0 Å². The molecule has 0 bridgehead atoms. The quantitative estimate of drug-likeness (QED) is 0.123. The third kappa shape index (κ3) is 9.15. The van der Waals surface area contributed by atoms with E-state index in [0.717, 1.165) is 0 Å². The number of rotatable bonds is 6. The Bertz CT molecular complexity index is 1450. The Morgan fingerprint density at radius 3 is 1.27 bits per heavy atom. The summed E-state index contributed by atoms with van der Waals surface area (Å²) in [5.74, 6) is 0. The minimum absolute atomic E-state index is 0. The molecule has 0 aromatic heterocycles. The van der Waals surface area contributed by atoms with Crippen molar-refractivity contribution in [3.05, 3.63) is 123 Å².